The molecule has 0 aromatic heterocycles. The number of hydrogen-bond acceptors (Lipinski definition) is 3. The molecule has 0 aliphatic rings. The lowest BCUT2D eigenvalue weighted by Crippen LogP contribution is -2.22. The van der Waals surface area contributed by atoms with E-state index in [2.05, 4.69) is 0 Å². The highest BCUT2D eigenvalue weighted by molar-refractivity contribution is 5.42. The maximum Gasteiger partial charge on any atom is 0.308 e. The minimum atomic E-state index is -1.16. The summed E-state index contributed by atoms with van der Waals surface area (Å²) in [5, 5.41) is 10.6. The maximum absolute atomic E-state index is 13.2. The standard InChI is InChI=1S/C10H12F2N2O2/c1-2-8(13)4-6-3-7(11)5-9(12)10(6)14(15)16/h3,5,8H,2,4,13H2,1H3. The average molecular weight is 230 g/mol. The molecule has 1 unspecified atom stereocenters. The van der Waals surface area contributed by atoms with Crippen LogP contribution in [-0.4, -0.2) is 11.0 Å². The van der Waals surface area contributed by atoms with E-state index in [0.29, 0.717) is 12.5 Å². The van der Waals surface area contributed by atoms with Crippen molar-refractivity contribution < 1.29 is 13.7 Å². The Morgan fingerprint density at radius 2 is 2.12 bits per heavy atom. The first-order chi connectivity index (χ1) is 7.45. The highest BCUT2D eigenvalue weighted by atomic mass is 19.1. The molecule has 16 heavy (non-hydrogen) atoms. The molecule has 88 valence electrons. The smallest absolute Gasteiger partial charge is 0.308 e. The summed E-state index contributed by atoms with van der Waals surface area (Å²) >= 11 is 0. The van der Waals surface area contributed by atoms with Gasteiger partial charge in [-0.15, -0.1) is 0 Å². The summed E-state index contributed by atoms with van der Waals surface area (Å²) in [5.41, 5.74) is 4.91. The Kier molecular flexibility index (Phi) is 3.89. The van der Waals surface area contributed by atoms with Crippen molar-refractivity contribution in [2.75, 3.05) is 0 Å². The van der Waals surface area contributed by atoms with E-state index < -0.39 is 22.2 Å². The maximum atomic E-state index is 13.2. The van der Waals surface area contributed by atoms with Crippen LogP contribution in [0.1, 0.15) is 18.9 Å². The Labute approximate surface area is 91.2 Å². The summed E-state index contributed by atoms with van der Waals surface area (Å²) in [6, 6.07) is 1.11. The van der Waals surface area contributed by atoms with Gasteiger partial charge in [0.05, 0.1) is 4.92 Å². The molecule has 0 saturated heterocycles. The minimum absolute atomic E-state index is 0.00292. The quantitative estimate of drug-likeness (QED) is 0.636. The van der Waals surface area contributed by atoms with Crippen molar-refractivity contribution in [3.63, 3.8) is 0 Å². The van der Waals surface area contributed by atoms with E-state index in [4.69, 9.17) is 5.73 Å². The number of benzene rings is 1. The van der Waals surface area contributed by atoms with Crippen molar-refractivity contribution >= 4 is 5.69 Å². The van der Waals surface area contributed by atoms with Gasteiger partial charge in [-0.25, -0.2) is 4.39 Å². The fraction of sp³-hybridized carbons (Fsp3) is 0.400. The molecule has 2 N–H and O–H groups in total. The first-order valence-corrected chi connectivity index (χ1v) is 4.83. The van der Waals surface area contributed by atoms with Gasteiger partial charge in [-0.2, -0.15) is 4.39 Å². The lowest BCUT2D eigenvalue weighted by atomic mass is 10.0. The molecular weight excluding hydrogens is 218 g/mol. The van der Waals surface area contributed by atoms with Crippen LogP contribution in [0.2, 0.25) is 0 Å². The van der Waals surface area contributed by atoms with Gasteiger partial charge in [-0.05, 0) is 18.9 Å². The summed E-state index contributed by atoms with van der Waals surface area (Å²) in [6.07, 6.45) is 0.663. The molecule has 1 rings (SSSR count). The Balaban J connectivity index is 3.19. The molecule has 4 nitrogen and oxygen atoms in total. The normalized spacial score (nSPS) is 12.5. The predicted molar refractivity (Wildman–Crippen MR) is 55.0 cm³/mol. The molecule has 0 saturated carbocycles. The van der Waals surface area contributed by atoms with E-state index in [1.807, 2.05) is 0 Å². The summed E-state index contributed by atoms with van der Waals surface area (Å²) in [5.74, 6) is -2.00. The van der Waals surface area contributed by atoms with Crippen LogP contribution in [0.15, 0.2) is 12.1 Å². The van der Waals surface area contributed by atoms with E-state index in [-0.39, 0.29) is 18.0 Å². The third-order valence-corrected chi connectivity index (χ3v) is 2.30. The molecule has 0 aliphatic carbocycles. The van der Waals surface area contributed by atoms with Crippen molar-refractivity contribution in [1.29, 1.82) is 0 Å². The summed E-state index contributed by atoms with van der Waals surface area (Å²) < 4.78 is 26.1. The average Bonchev–Trinajstić information content (AvgIpc) is 2.15. The summed E-state index contributed by atoms with van der Waals surface area (Å²) in [7, 11) is 0. The van der Waals surface area contributed by atoms with Gasteiger partial charge >= 0.3 is 5.69 Å². The summed E-state index contributed by atoms with van der Waals surface area (Å²) in [6.45, 7) is 1.80. The molecule has 0 bridgehead atoms. The van der Waals surface area contributed by atoms with Crippen LogP contribution < -0.4 is 5.73 Å². The molecule has 0 radical (unpaired) electrons. The second kappa shape index (κ2) is 4.98. The van der Waals surface area contributed by atoms with Crippen molar-refractivity contribution in [3.05, 3.63) is 39.4 Å². The second-order valence-electron chi connectivity index (χ2n) is 3.52. The van der Waals surface area contributed by atoms with E-state index in [0.717, 1.165) is 6.07 Å². The number of nitro groups is 1. The van der Waals surface area contributed by atoms with Crippen molar-refractivity contribution in [2.24, 2.45) is 5.73 Å². The topological polar surface area (TPSA) is 69.2 Å². The fourth-order valence-corrected chi connectivity index (χ4v) is 1.41. The monoisotopic (exact) mass is 230 g/mol. The van der Waals surface area contributed by atoms with Gasteiger partial charge in [0.15, 0.2) is 0 Å². The van der Waals surface area contributed by atoms with Crippen molar-refractivity contribution in [3.8, 4) is 0 Å². The lowest BCUT2D eigenvalue weighted by molar-refractivity contribution is -0.388. The Bertz CT molecular complexity index is 410. The predicted octanol–water partition coefficient (Wildman–Crippen LogP) is 2.15. The third kappa shape index (κ3) is 2.73. The van der Waals surface area contributed by atoms with Gasteiger partial charge in [-0.1, -0.05) is 6.92 Å². The first kappa shape index (κ1) is 12.5. The molecule has 6 heteroatoms. The SMILES string of the molecule is CCC(N)Cc1cc(F)cc(F)c1[N+](=O)[O-]. The van der Waals surface area contributed by atoms with Gasteiger partial charge in [0.1, 0.15) is 5.82 Å². The van der Waals surface area contributed by atoms with Crippen LogP contribution in [-0.2, 0) is 6.42 Å². The van der Waals surface area contributed by atoms with E-state index in [9.17, 15) is 18.9 Å². The van der Waals surface area contributed by atoms with Crippen LogP contribution in [0.5, 0.6) is 0 Å². The molecular formula is C10H12F2N2O2. The van der Waals surface area contributed by atoms with E-state index in [1.165, 1.54) is 0 Å². The number of nitrogens with two attached hydrogens (primary N) is 1. The zero-order chi connectivity index (χ0) is 12.3. The number of hydrogen-bond donors (Lipinski definition) is 1. The number of nitrogens with zero attached hydrogens (tertiary/aromatic N) is 1. The van der Waals surface area contributed by atoms with Gasteiger partial charge in [0.25, 0.3) is 0 Å². The van der Waals surface area contributed by atoms with Crippen LogP contribution in [0.25, 0.3) is 0 Å². The van der Waals surface area contributed by atoms with Crippen LogP contribution in [0.4, 0.5) is 14.5 Å². The number of rotatable bonds is 4. The lowest BCUT2D eigenvalue weighted by Gasteiger charge is -2.09. The van der Waals surface area contributed by atoms with Crippen LogP contribution >= 0.6 is 0 Å². The zero-order valence-corrected chi connectivity index (χ0v) is 8.74. The Hall–Kier alpha value is -1.56. The number of nitro benzene ring substituents is 1. The largest absolute Gasteiger partial charge is 0.327 e. The summed E-state index contributed by atoms with van der Waals surface area (Å²) in [4.78, 5) is 9.77. The van der Waals surface area contributed by atoms with Gasteiger partial charge in [0, 0.05) is 17.7 Å². The van der Waals surface area contributed by atoms with Gasteiger partial charge < -0.3 is 5.73 Å². The van der Waals surface area contributed by atoms with Crippen LogP contribution in [0, 0.1) is 21.7 Å². The van der Waals surface area contributed by atoms with E-state index in [1.54, 1.807) is 6.92 Å². The molecule has 0 spiro atoms. The second-order valence-corrected chi connectivity index (χ2v) is 3.52. The Morgan fingerprint density at radius 1 is 1.50 bits per heavy atom. The molecule has 1 aromatic rings. The Morgan fingerprint density at radius 3 is 2.62 bits per heavy atom. The van der Waals surface area contributed by atoms with Crippen LogP contribution in [0.3, 0.4) is 0 Å². The first-order valence-electron chi connectivity index (χ1n) is 4.83. The molecule has 1 atom stereocenters. The molecule has 0 amide bonds. The third-order valence-electron chi connectivity index (χ3n) is 2.30. The van der Waals surface area contributed by atoms with Crippen molar-refractivity contribution in [2.45, 2.75) is 25.8 Å². The minimum Gasteiger partial charge on any atom is -0.327 e. The fourth-order valence-electron chi connectivity index (χ4n) is 1.41. The highest BCUT2D eigenvalue weighted by Crippen LogP contribution is 2.25. The highest BCUT2D eigenvalue weighted by Gasteiger charge is 2.22. The van der Waals surface area contributed by atoms with Crippen molar-refractivity contribution in [1.82, 2.24) is 0 Å². The zero-order valence-electron chi connectivity index (χ0n) is 8.74. The van der Waals surface area contributed by atoms with Gasteiger partial charge in [0.2, 0.25) is 5.82 Å². The molecule has 0 heterocycles. The number of halogens is 2. The molecule has 1 aromatic carbocycles. The van der Waals surface area contributed by atoms with E-state index >= 15 is 0 Å². The molecule has 0 fully saturated rings. The van der Waals surface area contributed by atoms with Gasteiger partial charge in [-0.3, -0.25) is 10.1 Å². The molecule has 0 aliphatic heterocycles.